The molecule has 2 aliphatic rings. The van der Waals surface area contributed by atoms with Crippen molar-refractivity contribution in [1.29, 1.82) is 0 Å². The van der Waals surface area contributed by atoms with Crippen molar-refractivity contribution < 1.29 is 46.1 Å². The van der Waals surface area contributed by atoms with Gasteiger partial charge in [-0.2, -0.15) is 26.3 Å². The van der Waals surface area contributed by atoms with E-state index in [1.54, 1.807) is 4.88 Å². The second-order valence-electron chi connectivity index (χ2n) is 8.19. The van der Waals surface area contributed by atoms with Gasteiger partial charge in [-0.05, 0) is 37.8 Å². The summed E-state index contributed by atoms with van der Waals surface area (Å²) >= 11 is 1.96. The lowest BCUT2D eigenvalue weighted by Crippen LogP contribution is -2.37. The molecule has 3 rings (SSSR count). The Morgan fingerprint density at radius 2 is 1.39 bits per heavy atom. The number of aryl methyl sites for hydroxylation is 1. The zero-order chi connectivity index (χ0) is 25.6. The minimum absolute atomic E-state index is 0.799. The maximum absolute atomic E-state index is 10.6. The summed E-state index contributed by atoms with van der Waals surface area (Å²) in [7, 11) is 0. The lowest BCUT2D eigenvalue weighted by molar-refractivity contribution is -0.193. The number of thiophene rings is 1. The van der Waals surface area contributed by atoms with Crippen LogP contribution in [-0.4, -0.2) is 76.0 Å². The predicted molar refractivity (Wildman–Crippen MR) is 110 cm³/mol. The maximum atomic E-state index is 10.6. The highest BCUT2D eigenvalue weighted by molar-refractivity contribution is 7.11. The van der Waals surface area contributed by atoms with Crippen molar-refractivity contribution in [3.05, 3.63) is 21.9 Å². The first kappa shape index (κ1) is 29.2. The summed E-state index contributed by atoms with van der Waals surface area (Å²) in [6.45, 7) is 12.0. The normalized spacial score (nSPS) is 21.2. The van der Waals surface area contributed by atoms with E-state index >= 15 is 0 Å². The van der Waals surface area contributed by atoms with Crippen LogP contribution in [-0.2, 0) is 16.1 Å². The average Bonchev–Trinajstić information content (AvgIpc) is 3.34. The van der Waals surface area contributed by atoms with Gasteiger partial charge in [-0.3, -0.25) is 9.80 Å². The summed E-state index contributed by atoms with van der Waals surface area (Å²) in [6.07, 6.45) is -7.41. The first-order valence-corrected chi connectivity index (χ1v) is 11.0. The van der Waals surface area contributed by atoms with Gasteiger partial charge in [0.15, 0.2) is 0 Å². The van der Waals surface area contributed by atoms with Gasteiger partial charge in [0.2, 0.25) is 0 Å². The fourth-order valence-corrected chi connectivity index (χ4v) is 4.74. The highest BCUT2D eigenvalue weighted by Gasteiger charge is 2.42. The predicted octanol–water partition coefficient (Wildman–Crippen LogP) is 4.63. The summed E-state index contributed by atoms with van der Waals surface area (Å²) in [4.78, 5) is 26.3. The Morgan fingerprint density at radius 1 is 0.970 bits per heavy atom. The molecular weight excluding hydrogens is 478 g/mol. The van der Waals surface area contributed by atoms with Crippen LogP contribution in [0.2, 0.25) is 0 Å². The molecule has 2 N–H and O–H groups in total. The Balaban J connectivity index is 0.000000324. The Kier molecular flexibility index (Phi) is 10.6. The highest BCUT2D eigenvalue weighted by Crippen LogP contribution is 2.33. The van der Waals surface area contributed by atoms with Gasteiger partial charge < -0.3 is 10.2 Å². The van der Waals surface area contributed by atoms with Crippen molar-refractivity contribution in [3.63, 3.8) is 0 Å². The van der Waals surface area contributed by atoms with E-state index in [9.17, 15) is 26.3 Å². The van der Waals surface area contributed by atoms with Crippen LogP contribution in [0.25, 0.3) is 0 Å². The number of carboxylic acid groups (broad SMARTS) is 2. The molecule has 0 amide bonds. The first-order valence-electron chi connectivity index (χ1n) is 10.2. The van der Waals surface area contributed by atoms with Crippen LogP contribution >= 0.6 is 11.3 Å². The molecule has 2 saturated heterocycles. The minimum Gasteiger partial charge on any atom is -0.475 e. The van der Waals surface area contributed by atoms with Crippen molar-refractivity contribution in [1.82, 2.24) is 9.80 Å². The number of nitrogens with zero attached hydrogens (tertiary/aromatic N) is 2. The van der Waals surface area contributed by atoms with Gasteiger partial charge in [-0.15, -0.1) is 11.3 Å². The number of alkyl halides is 6. The fraction of sp³-hybridized carbons (Fsp3) is 0.700. The molecule has 6 nitrogen and oxygen atoms in total. The van der Waals surface area contributed by atoms with Gasteiger partial charge in [0.25, 0.3) is 0 Å². The number of fused-ring (bicyclic) bond motifs is 1. The zero-order valence-electron chi connectivity index (χ0n) is 18.4. The Labute approximate surface area is 191 Å². The van der Waals surface area contributed by atoms with Gasteiger partial charge in [0.05, 0.1) is 0 Å². The molecular formula is C20H28F6N2O4S. The van der Waals surface area contributed by atoms with Crippen molar-refractivity contribution >= 4 is 23.3 Å². The van der Waals surface area contributed by atoms with Crippen molar-refractivity contribution in [2.24, 2.45) is 5.92 Å². The van der Waals surface area contributed by atoms with E-state index in [1.165, 1.54) is 43.9 Å². The van der Waals surface area contributed by atoms with E-state index in [2.05, 4.69) is 42.7 Å². The topological polar surface area (TPSA) is 81.1 Å². The van der Waals surface area contributed by atoms with Crippen LogP contribution in [0.4, 0.5) is 26.3 Å². The average molecular weight is 507 g/mol. The lowest BCUT2D eigenvalue weighted by atomic mass is 10.1. The SMILES string of the molecule is Cc1ccc(CN2CC[C@H]3[C@H]2CCN3CC(C)C)s1.O=C(O)C(F)(F)F.O=C(O)C(F)(F)F. The maximum Gasteiger partial charge on any atom is 0.490 e. The third-order valence-electron chi connectivity index (χ3n) is 5.05. The van der Waals surface area contributed by atoms with Crippen molar-refractivity contribution in [2.45, 2.75) is 64.6 Å². The first-order chi connectivity index (χ1) is 15.0. The summed E-state index contributed by atoms with van der Waals surface area (Å²) in [5.74, 6) is -4.72. The number of carboxylic acids is 2. The van der Waals surface area contributed by atoms with E-state index < -0.39 is 24.3 Å². The standard InChI is InChI=1S/C16H26N2S.2C2HF3O2/c1-12(2)10-17-8-6-16-15(17)7-9-18(16)11-14-5-4-13(3)19-14;2*3-2(4,5)1(6)7/h4-5,12,15-16H,6-11H2,1-3H3;2*(H,6,7)/t15-,16+;;/m0../s1. The van der Waals surface area contributed by atoms with Crippen LogP contribution < -0.4 is 0 Å². The minimum atomic E-state index is -5.08. The van der Waals surface area contributed by atoms with Gasteiger partial charge >= 0.3 is 24.3 Å². The monoisotopic (exact) mass is 506 g/mol. The molecule has 0 unspecified atom stereocenters. The van der Waals surface area contributed by atoms with E-state index in [1.807, 2.05) is 11.3 Å². The molecule has 1 aromatic rings. The molecule has 0 saturated carbocycles. The molecule has 0 aromatic carbocycles. The molecule has 13 heteroatoms. The molecule has 2 atom stereocenters. The van der Waals surface area contributed by atoms with Gasteiger partial charge in [0.1, 0.15) is 0 Å². The highest BCUT2D eigenvalue weighted by atomic mass is 32.1. The Hall–Kier alpha value is -1.86. The Morgan fingerprint density at radius 3 is 1.76 bits per heavy atom. The van der Waals surface area contributed by atoms with Gasteiger partial charge in [-0.25, -0.2) is 9.59 Å². The van der Waals surface area contributed by atoms with E-state index in [-0.39, 0.29) is 0 Å². The van der Waals surface area contributed by atoms with Crippen LogP contribution in [0.3, 0.4) is 0 Å². The summed E-state index contributed by atoms with van der Waals surface area (Å²) < 4.78 is 63.5. The van der Waals surface area contributed by atoms with Crippen LogP contribution in [0.5, 0.6) is 0 Å². The molecule has 2 fully saturated rings. The molecule has 1 aromatic heterocycles. The number of aliphatic carboxylic acids is 2. The number of rotatable bonds is 4. The van der Waals surface area contributed by atoms with Gasteiger partial charge in [0, 0.05) is 48.0 Å². The number of halogens is 6. The largest absolute Gasteiger partial charge is 0.490 e. The zero-order valence-corrected chi connectivity index (χ0v) is 19.2. The molecule has 0 radical (unpaired) electrons. The molecule has 190 valence electrons. The molecule has 2 aliphatic heterocycles. The summed E-state index contributed by atoms with van der Waals surface area (Å²) in [5.41, 5.74) is 0. The number of carbonyl (C=O) groups is 2. The third-order valence-corrected chi connectivity index (χ3v) is 6.03. The number of likely N-dealkylation sites (tertiary alicyclic amines) is 2. The lowest BCUT2D eigenvalue weighted by Gasteiger charge is -2.26. The summed E-state index contributed by atoms with van der Waals surface area (Å²) in [5, 5.41) is 14.2. The summed E-state index contributed by atoms with van der Waals surface area (Å²) in [6, 6.07) is 6.23. The van der Waals surface area contributed by atoms with Crippen molar-refractivity contribution in [3.8, 4) is 0 Å². The van der Waals surface area contributed by atoms with Crippen LogP contribution in [0.15, 0.2) is 12.1 Å². The van der Waals surface area contributed by atoms with Crippen molar-refractivity contribution in [2.75, 3.05) is 19.6 Å². The molecule has 33 heavy (non-hydrogen) atoms. The van der Waals surface area contributed by atoms with Crippen LogP contribution in [0, 0.1) is 12.8 Å². The molecule has 0 spiro atoms. The number of hydrogen-bond donors (Lipinski definition) is 2. The van der Waals surface area contributed by atoms with E-state index in [4.69, 9.17) is 19.8 Å². The number of hydrogen-bond acceptors (Lipinski definition) is 5. The molecule has 0 bridgehead atoms. The third kappa shape index (κ3) is 9.88. The smallest absolute Gasteiger partial charge is 0.475 e. The fourth-order valence-electron chi connectivity index (χ4n) is 3.83. The van der Waals surface area contributed by atoms with Crippen LogP contribution in [0.1, 0.15) is 36.4 Å². The molecule has 0 aliphatic carbocycles. The quantitative estimate of drug-likeness (QED) is 0.580. The molecule has 3 heterocycles. The van der Waals surface area contributed by atoms with E-state index in [0.29, 0.717) is 0 Å². The van der Waals surface area contributed by atoms with E-state index in [0.717, 1.165) is 18.0 Å². The van der Waals surface area contributed by atoms with Gasteiger partial charge in [-0.1, -0.05) is 13.8 Å². The second-order valence-corrected chi connectivity index (χ2v) is 9.56. The second kappa shape index (κ2) is 12.0. The Bertz CT molecular complexity index is 757.